The first kappa shape index (κ1) is 20.4. The number of carbonyl (C=O) groups is 2. The Hall–Kier alpha value is -2.37. The molecule has 6 heteroatoms. The summed E-state index contributed by atoms with van der Waals surface area (Å²) in [5.41, 5.74) is 2.17. The molecule has 0 unspecified atom stereocenters. The molecule has 1 N–H and O–H groups in total. The van der Waals surface area contributed by atoms with E-state index in [-0.39, 0.29) is 11.8 Å². The van der Waals surface area contributed by atoms with E-state index in [0.717, 1.165) is 24.2 Å². The second-order valence-corrected chi connectivity index (χ2v) is 7.49. The monoisotopic (exact) mass is 399 g/mol. The SMILES string of the molecule is O=C(CN1CCN(C(=O)CCc2cccc(Cl)c2)CC1)NCc1ccccc1. The van der Waals surface area contributed by atoms with E-state index in [1.165, 1.54) is 0 Å². The Morgan fingerprint density at radius 2 is 1.64 bits per heavy atom. The molecule has 3 rings (SSSR count). The van der Waals surface area contributed by atoms with Crippen LogP contribution in [0.15, 0.2) is 54.6 Å². The topological polar surface area (TPSA) is 52.7 Å². The summed E-state index contributed by atoms with van der Waals surface area (Å²) < 4.78 is 0. The fourth-order valence-corrected chi connectivity index (χ4v) is 3.53. The first-order valence-corrected chi connectivity index (χ1v) is 10.0. The molecule has 5 nitrogen and oxygen atoms in total. The average molecular weight is 400 g/mol. The molecule has 0 spiro atoms. The third-order valence-corrected chi connectivity index (χ3v) is 5.18. The Kier molecular flexibility index (Phi) is 7.46. The molecule has 148 valence electrons. The zero-order valence-corrected chi connectivity index (χ0v) is 16.7. The first-order chi connectivity index (χ1) is 13.6. The van der Waals surface area contributed by atoms with Crippen molar-refractivity contribution in [2.45, 2.75) is 19.4 Å². The summed E-state index contributed by atoms with van der Waals surface area (Å²) in [6, 6.07) is 17.5. The molecule has 2 aromatic carbocycles. The summed E-state index contributed by atoms with van der Waals surface area (Å²) in [6.45, 7) is 3.70. The van der Waals surface area contributed by atoms with E-state index in [4.69, 9.17) is 11.6 Å². The van der Waals surface area contributed by atoms with Crippen molar-refractivity contribution in [3.8, 4) is 0 Å². The largest absolute Gasteiger partial charge is 0.351 e. The van der Waals surface area contributed by atoms with Crippen LogP contribution >= 0.6 is 11.6 Å². The lowest BCUT2D eigenvalue weighted by atomic mass is 10.1. The van der Waals surface area contributed by atoms with E-state index in [1.54, 1.807) is 0 Å². The van der Waals surface area contributed by atoms with Gasteiger partial charge in [0.25, 0.3) is 0 Å². The summed E-state index contributed by atoms with van der Waals surface area (Å²) in [7, 11) is 0. The van der Waals surface area contributed by atoms with Gasteiger partial charge in [-0.2, -0.15) is 0 Å². The van der Waals surface area contributed by atoms with Crippen LogP contribution in [-0.2, 0) is 22.6 Å². The van der Waals surface area contributed by atoms with Gasteiger partial charge in [0.05, 0.1) is 6.54 Å². The highest BCUT2D eigenvalue weighted by Gasteiger charge is 2.22. The van der Waals surface area contributed by atoms with Gasteiger partial charge in [-0.25, -0.2) is 0 Å². The Morgan fingerprint density at radius 1 is 0.929 bits per heavy atom. The Morgan fingerprint density at radius 3 is 2.36 bits per heavy atom. The number of halogens is 1. The summed E-state index contributed by atoms with van der Waals surface area (Å²) in [5, 5.41) is 3.65. The molecule has 28 heavy (non-hydrogen) atoms. The summed E-state index contributed by atoms with van der Waals surface area (Å²) in [5.74, 6) is 0.178. The summed E-state index contributed by atoms with van der Waals surface area (Å²) in [6.07, 6.45) is 1.18. The minimum absolute atomic E-state index is 0.0181. The second-order valence-electron chi connectivity index (χ2n) is 7.05. The van der Waals surface area contributed by atoms with E-state index in [9.17, 15) is 9.59 Å². The molecular formula is C22H26ClN3O2. The van der Waals surface area contributed by atoms with Crippen LogP contribution in [0.2, 0.25) is 5.02 Å². The van der Waals surface area contributed by atoms with Crippen LogP contribution in [0, 0.1) is 0 Å². The quantitative estimate of drug-likeness (QED) is 0.778. The number of rotatable bonds is 7. The van der Waals surface area contributed by atoms with Crippen molar-refractivity contribution in [1.29, 1.82) is 0 Å². The Labute approximate surface area is 171 Å². The van der Waals surface area contributed by atoms with Crippen molar-refractivity contribution in [3.05, 3.63) is 70.7 Å². The van der Waals surface area contributed by atoms with Gasteiger partial charge in [-0.05, 0) is 29.7 Å². The predicted octanol–water partition coefficient (Wildman–Crippen LogP) is 2.73. The normalized spacial score (nSPS) is 14.7. The van der Waals surface area contributed by atoms with Crippen LogP contribution in [0.25, 0.3) is 0 Å². The third-order valence-electron chi connectivity index (χ3n) is 4.94. The molecule has 1 heterocycles. The number of amides is 2. The zero-order valence-electron chi connectivity index (χ0n) is 15.9. The molecule has 0 aromatic heterocycles. The number of hydrogen-bond acceptors (Lipinski definition) is 3. The van der Waals surface area contributed by atoms with Gasteiger partial charge in [-0.3, -0.25) is 14.5 Å². The van der Waals surface area contributed by atoms with Gasteiger partial charge < -0.3 is 10.2 Å². The van der Waals surface area contributed by atoms with E-state index >= 15 is 0 Å². The Bertz CT molecular complexity index is 789. The fourth-order valence-electron chi connectivity index (χ4n) is 3.31. The van der Waals surface area contributed by atoms with E-state index in [0.29, 0.717) is 44.0 Å². The van der Waals surface area contributed by atoms with Crippen molar-refractivity contribution in [2.75, 3.05) is 32.7 Å². The lowest BCUT2D eigenvalue weighted by molar-refractivity contribution is -0.133. The van der Waals surface area contributed by atoms with Crippen molar-refractivity contribution >= 4 is 23.4 Å². The minimum Gasteiger partial charge on any atom is -0.351 e. The molecule has 2 aromatic rings. The molecule has 0 aliphatic carbocycles. The average Bonchev–Trinajstić information content (AvgIpc) is 2.72. The van der Waals surface area contributed by atoms with Gasteiger partial charge in [0.2, 0.25) is 11.8 Å². The minimum atomic E-state index is 0.0181. The second kappa shape index (κ2) is 10.2. The molecule has 1 aliphatic rings. The summed E-state index contributed by atoms with van der Waals surface area (Å²) in [4.78, 5) is 28.6. The van der Waals surface area contributed by atoms with Crippen molar-refractivity contribution in [2.24, 2.45) is 0 Å². The van der Waals surface area contributed by atoms with Gasteiger partial charge in [0.15, 0.2) is 0 Å². The zero-order chi connectivity index (χ0) is 19.8. The van der Waals surface area contributed by atoms with Crippen LogP contribution < -0.4 is 5.32 Å². The van der Waals surface area contributed by atoms with Gasteiger partial charge in [0, 0.05) is 44.2 Å². The van der Waals surface area contributed by atoms with Gasteiger partial charge in [-0.15, -0.1) is 0 Å². The number of benzene rings is 2. The van der Waals surface area contributed by atoms with Crippen LogP contribution in [0.1, 0.15) is 17.5 Å². The highest BCUT2D eigenvalue weighted by atomic mass is 35.5. The van der Waals surface area contributed by atoms with Crippen LogP contribution in [0.4, 0.5) is 0 Å². The Balaban J connectivity index is 1.35. The third kappa shape index (κ3) is 6.36. The number of carbonyl (C=O) groups excluding carboxylic acids is 2. The summed E-state index contributed by atoms with van der Waals surface area (Å²) >= 11 is 5.99. The number of piperazine rings is 1. The van der Waals surface area contributed by atoms with E-state index in [1.807, 2.05) is 59.5 Å². The number of nitrogens with zero attached hydrogens (tertiary/aromatic N) is 2. The van der Waals surface area contributed by atoms with Crippen molar-refractivity contribution in [1.82, 2.24) is 15.1 Å². The number of hydrogen-bond donors (Lipinski definition) is 1. The highest BCUT2D eigenvalue weighted by molar-refractivity contribution is 6.30. The number of nitrogens with one attached hydrogen (secondary N) is 1. The van der Waals surface area contributed by atoms with E-state index < -0.39 is 0 Å². The van der Waals surface area contributed by atoms with Gasteiger partial charge in [-0.1, -0.05) is 54.1 Å². The molecular weight excluding hydrogens is 374 g/mol. The molecule has 0 saturated carbocycles. The smallest absolute Gasteiger partial charge is 0.234 e. The maximum absolute atomic E-state index is 12.4. The van der Waals surface area contributed by atoms with Gasteiger partial charge >= 0.3 is 0 Å². The predicted molar refractivity (Wildman–Crippen MR) is 111 cm³/mol. The molecule has 0 atom stereocenters. The van der Waals surface area contributed by atoms with Crippen molar-refractivity contribution in [3.63, 3.8) is 0 Å². The fraction of sp³-hybridized carbons (Fsp3) is 0.364. The molecule has 0 radical (unpaired) electrons. The standard InChI is InChI=1S/C22H26ClN3O2/c23-20-8-4-7-18(15-20)9-10-22(28)26-13-11-25(12-14-26)17-21(27)24-16-19-5-2-1-3-6-19/h1-8,15H,9-14,16-17H2,(H,24,27). The van der Waals surface area contributed by atoms with Gasteiger partial charge in [0.1, 0.15) is 0 Å². The maximum atomic E-state index is 12.4. The lowest BCUT2D eigenvalue weighted by Crippen LogP contribution is -2.51. The highest BCUT2D eigenvalue weighted by Crippen LogP contribution is 2.13. The molecule has 1 saturated heterocycles. The lowest BCUT2D eigenvalue weighted by Gasteiger charge is -2.34. The van der Waals surface area contributed by atoms with Crippen LogP contribution in [0.3, 0.4) is 0 Å². The van der Waals surface area contributed by atoms with E-state index in [2.05, 4.69) is 10.2 Å². The molecule has 1 aliphatic heterocycles. The maximum Gasteiger partial charge on any atom is 0.234 e. The van der Waals surface area contributed by atoms with Crippen molar-refractivity contribution < 1.29 is 9.59 Å². The molecule has 2 amide bonds. The van der Waals surface area contributed by atoms with Crippen LogP contribution in [-0.4, -0.2) is 54.3 Å². The molecule has 0 bridgehead atoms. The first-order valence-electron chi connectivity index (χ1n) is 9.65. The molecule has 1 fully saturated rings. The number of aryl methyl sites for hydroxylation is 1. The van der Waals surface area contributed by atoms with Crippen LogP contribution in [0.5, 0.6) is 0 Å².